The molecule has 0 aromatic heterocycles. The summed E-state index contributed by atoms with van der Waals surface area (Å²) in [6, 6.07) is 63.3. The minimum atomic E-state index is -3.07. The van der Waals surface area contributed by atoms with Gasteiger partial charge in [0.1, 0.15) is 0 Å². The van der Waals surface area contributed by atoms with Crippen LogP contribution in [0.5, 0.6) is 0 Å². The molecule has 8 aromatic carbocycles. The molecule has 1 atom stereocenters. The van der Waals surface area contributed by atoms with Crippen molar-refractivity contribution in [3.8, 4) is 22.3 Å². The van der Waals surface area contributed by atoms with E-state index < -0.39 is 7.14 Å². The monoisotopic (exact) mass is 633 g/mol. The fraction of sp³-hybridized carbons (Fsp3) is 0.0222. The van der Waals surface area contributed by atoms with E-state index in [1.165, 1.54) is 43.8 Å². The first-order valence-corrected chi connectivity index (χ1v) is 18.1. The molecular weight excluding hydrogens is 601 g/mol. The molecule has 0 aliphatic carbocycles. The van der Waals surface area contributed by atoms with Crippen molar-refractivity contribution >= 4 is 50.3 Å². The first kappa shape index (κ1) is 28.5. The predicted molar refractivity (Wildman–Crippen MR) is 204 cm³/mol. The second-order valence-electron chi connectivity index (χ2n) is 12.5. The van der Waals surface area contributed by atoms with Gasteiger partial charge in [0.05, 0.1) is 6.04 Å². The van der Waals surface area contributed by atoms with Gasteiger partial charge in [-0.05, 0) is 67.6 Å². The van der Waals surface area contributed by atoms with Crippen molar-refractivity contribution in [1.82, 2.24) is 0 Å². The van der Waals surface area contributed by atoms with Gasteiger partial charge >= 0.3 is 0 Å². The fourth-order valence-electron chi connectivity index (χ4n) is 7.45. The molecule has 8 aromatic rings. The van der Waals surface area contributed by atoms with Gasteiger partial charge in [0, 0.05) is 27.2 Å². The van der Waals surface area contributed by atoms with Crippen molar-refractivity contribution in [1.29, 1.82) is 0 Å². The Labute approximate surface area is 280 Å². The van der Waals surface area contributed by atoms with Crippen molar-refractivity contribution in [3.05, 3.63) is 193 Å². The van der Waals surface area contributed by atoms with Gasteiger partial charge in [-0.3, -0.25) is 0 Å². The van der Waals surface area contributed by atoms with Crippen LogP contribution in [0.3, 0.4) is 0 Å². The van der Waals surface area contributed by atoms with Gasteiger partial charge in [-0.15, -0.1) is 0 Å². The lowest BCUT2D eigenvalue weighted by Gasteiger charge is -2.32. The zero-order valence-corrected chi connectivity index (χ0v) is 27.1. The molecule has 0 saturated heterocycles. The summed E-state index contributed by atoms with van der Waals surface area (Å²) in [4.78, 5) is 0. The van der Waals surface area contributed by atoms with Crippen molar-refractivity contribution in [2.45, 2.75) is 6.04 Å². The Bertz CT molecular complexity index is 2450. The zero-order valence-electron chi connectivity index (χ0n) is 26.3. The van der Waals surface area contributed by atoms with E-state index in [0.717, 1.165) is 32.7 Å². The second kappa shape index (κ2) is 11.5. The van der Waals surface area contributed by atoms with E-state index in [9.17, 15) is 0 Å². The highest BCUT2D eigenvalue weighted by molar-refractivity contribution is 7.85. The topological polar surface area (TPSA) is 29.1 Å². The summed E-state index contributed by atoms with van der Waals surface area (Å²) in [5.74, 6) is 0. The van der Waals surface area contributed by atoms with Gasteiger partial charge in [0.25, 0.3) is 0 Å². The molecule has 3 heteroatoms. The van der Waals surface area contributed by atoms with Crippen molar-refractivity contribution < 1.29 is 4.57 Å². The average molecular weight is 634 g/mol. The summed E-state index contributed by atoms with van der Waals surface area (Å²) in [6.07, 6.45) is 0. The fourth-order valence-corrected chi connectivity index (χ4v) is 10.1. The highest BCUT2D eigenvalue weighted by atomic mass is 31.2. The Hall–Kier alpha value is -5.69. The second-order valence-corrected chi connectivity index (χ2v) is 15.3. The standard InChI is InChI=1S/C45H32NOP/c47-48(35-18-6-2-7-19-35,36-20-8-3-9-21-36)37-26-24-31(25-27-37)40-30-42-44(39-23-13-12-22-38(39)40)41-28-33-16-10-11-17-34(33)29-43(41)46-45(42)32-14-4-1-5-15-32/h1-30,45-46H. The average Bonchev–Trinajstić information content (AvgIpc) is 3.17. The van der Waals surface area contributed by atoms with Crippen molar-refractivity contribution in [2.75, 3.05) is 5.32 Å². The molecule has 9 rings (SSSR count). The van der Waals surface area contributed by atoms with Gasteiger partial charge in [-0.2, -0.15) is 0 Å². The smallest absolute Gasteiger partial charge is 0.171 e. The third-order valence-corrected chi connectivity index (χ3v) is 12.8. The predicted octanol–water partition coefficient (Wildman–Crippen LogP) is 10.5. The molecule has 228 valence electrons. The number of fused-ring (bicyclic) bond motifs is 6. The number of rotatable bonds is 5. The van der Waals surface area contributed by atoms with Crippen LogP contribution in [-0.4, -0.2) is 0 Å². The maximum Gasteiger partial charge on any atom is 0.171 e. The number of benzene rings is 8. The van der Waals surface area contributed by atoms with Crippen LogP contribution in [0.2, 0.25) is 0 Å². The minimum absolute atomic E-state index is 0.0196. The summed E-state index contributed by atoms with van der Waals surface area (Å²) < 4.78 is 15.1. The van der Waals surface area contributed by atoms with Gasteiger partial charge < -0.3 is 9.88 Å². The molecule has 0 spiro atoms. The summed E-state index contributed by atoms with van der Waals surface area (Å²) in [6.45, 7) is 0. The number of anilines is 1. The van der Waals surface area contributed by atoms with Crippen LogP contribution in [0.25, 0.3) is 43.8 Å². The number of nitrogens with one attached hydrogen (secondary N) is 1. The van der Waals surface area contributed by atoms with E-state index in [4.69, 9.17) is 0 Å². The summed E-state index contributed by atoms with van der Waals surface area (Å²) in [7, 11) is -3.07. The third kappa shape index (κ3) is 4.60. The molecule has 1 aliphatic heterocycles. The highest BCUT2D eigenvalue weighted by Crippen LogP contribution is 2.50. The van der Waals surface area contributed by atoms with E-state index in [0.29, 0.717) is 0 Å². The maximum atomic E-state index is 15.1. The van der Waals surface area contributed by atoms with Crippen LogP contribution in [0.1, 0.15) is 17.2 Å². The van der Waals surface area contributed by atoms with Crippen LogP contribution in [0.4, 0.5) is 5.69 Å². The van der Waals surface area contributed by atoms with E-state index >= 15 is 4.57 Å². The molecule has 0 fully saturated rings. The Morgan fingerprint density at radius 2 is 0.979 bits per heavy atom. The van der Waals surface area contributed by atoms with Crippen LogP contribution in [0, 0.1) is 0 Å². The maximum absolute atomic E-state index is 15.1. The molecule has 0 amide bonds. The summed E-state index contributed by atoms with van der Waals surface area (Å²) >= 11 is 0. The lowest BCUT2D eigenvalue weighted by atomic mass is 9.80. The van der Waals surface area contributed by atoms with Crippen LogP contribution < -0.4 is 21.2 Å². The van der Waals surface area contributed by atoms with E-state index in [1.807, 2.05) is 60.7 Å². The summed E-state index contributed by atoms with van der Waals surface area (Å²) in [5, 5.41) is 11.3. The van der Waals surface area contributed by atoms with Crippen LogP contribution in [-0.2, 0) is 4.57 Å². The molecular formula is C45H32NOP. The van der Waals surface area contributed by atoms with Gasteiger partial charge in [-0.1, -0.05) is 164 Å². The molecule has 48 heavy (non-hydrogen) atoms. The summed E-state index contributed by atoms with van der Waals surface area (Å²) in [5.41, 5.74) is 8.38. The first-order valence-electron chi connectivity index (χ1n) is 16.4. The lowest BCUT2D eigenvalue weighted by Crippen LogP contribution is -2.24. The van der Waals surface area contributed by atoms with Gasteiger partial charge in [0.15, 0.2) is 7.14 Å². The van der Waals surface area contributed by atoms with Crippen molar-refractivity contribution in [2.24, 2.45) is 0 Å². The normalized spacial score (nSPS) is 13.9. The molecule has 0 saturated carbocycles. The van der Waals surface area contributed by atoms with Gasteiger partial charge in [0.2, 0.25) is 0 Å². The molecule has 0 radical (unpaired) electrons. The van der Waals surface area contributed by atoms with E-state index in [-0.39, 0.29) is 6.04 Å². The first-order chi connectivity index (χ1) is 23.7. The third-order valence-electron chi connectivity index (χ3n) is 9.76. The Morgan fingerprint density at radius 3 is 1.62 bits per heavy atom. The van der Waals surface area contributed by atoms with Gasteiger partial charge in [-0.25, -0.2) is 0 Å². The number of hydrogen-bond acceptors (Lipinski definition) is 2. The van der Waals surface area contributed by atoms with Crippen LogP contribution >= 0.6 is 7.14 Å². The van der Waals surface area contributed by atoms with E-state index in [2.05, 4.69) is 127 Å². The Balaban J connectivity index is 1.26. The SMILES string of the molecule is O=P(c1ccccc1)(c1ccccc1)c1ccc(-c2cc3c(c4ccccc24)-c2cc4ccccc4cc2NC3c2ccccc2)cc1. The molecule has 1 aliphatic rings. The van der Waals surface area contributed by atoms with E-state index in [1.54, 1.807) is 0 Å². The largest absolute Gasteiger partial charge is 0.374 e. The van der Waals surface area contributed by atoms with Crippen molar-refractivity contribution in [3.63, 3.8) is 0 Å². The molecule has 1 unspecified atom stereocenters. The quantitative estimate of drug-likeness (QED) is 0.191. The molecule has 2 nitrogen and oxygen atoms in total. The highest BCUT2D eigenvalue weighted by Gasteiger charge is 2.31. The molecule has 0 bridgehead atoms. The zero-order chi connectivity index (χ0) is 32.1. The number of hydrogen-bond donors (Lipinski definition) is 1. The molecule has 1 N–H and O–H groups in total. The molecule has 1 heterocycles. The Kier molecular flexibility index (Phi) is 6.85. The minimum Gasteiger partial charge on any atom is -0.374 e. The lowest BCUT2D eigenvalue weighted by molar-refractivity contribution is 0.592. The van der Waals surface area contributed by atoms with Crippen LogP contribution in [0.15, 0.2) is 182 Å². The Morgan fingerprint density at radius 1 is 0.458 bits per heavy atom.